The Bertz CT molecular complexity index is 690. The zero-order valence-corrected chi connectivity index (χ0v) is 14.4. The number of amides is 1. The Morgan fingerprint density at radius 3 is 2.50 bits per heavy atom. The minimum Gasteiger partial charge on any atom is -0.493 e. The molecule has 0 aliphatic rings. The largest absolute Gasteiger partial charge is 0.493 e. The predicted octanol–water partition coefficient (Wildman–Crippen LogP) is 3.09. The molecule has 1 N–H and O–H groups in total. The van der Waals surface area contributed by atoms with E-state index in [0.29, 0.717) is 35.4 Å². The molecule has 5 nitrogen and oxygen atoms in total. The topological polar surface area (TPSA) is 56.8 Å². The summed E-state index contributed by atoms with van der Waals surface area (Å²) in [4.78, 5) is 12.0. The van der Waals surface area contributed by atoms with Gasteiger partial charge in [0, 0.05) is 0 Å². The smallest absolute Gasteiger partial charge is 0.224 e. The number of carbonyl (C=O) groups excluding carboxylic acids is 1. The molecule has 0 unspecified atom stereocenters. The van der Waals surface area contributed by atoms with Gasteiger partial charge in [-0.15, -0.1) is 0 Å². The molecule has 0 aliphatic carbocycles. The zero-order chi connectivity index (χ0) is 17.4. The van der Waals surface area contributed by atoms with Crippen LogP contribution in [0.3, 0.4) is 0 Å². The Morgan fingerprint density at radius 1 is 1.04 bits per heavy atom. The van der Waals surface area contributed by atoms with Crippen LogP contribution in [-0.2, 0) is 11.2 Å². The third kappa shape index (κ3) is 5.06. The van der Waals surface area contributed by atoms with E-state index in [1.54, 1.807) is 38.5 Å². The third-order valence-electron chi connectivity index (χ3n) is 3.33. The Balaban J connectivity index is 1.78. The molecule has 0 bridgehead atoms. The van der Waals surface area contributed by atoms with E-state index in [9.17, 15) is 4.79 Å². The lowest BCUT2D eigenvalue weighted by atomic mass is 10.1. The highest BCUT2D eigenvalue weighted by Gasteiger charge is 2.08. The van der Waals surface area contributed by atoms with Crippen molar-refractivity contribution in [3.8, 4) is 17.2 Å². The zero-order valence-electron chi connectivity index (χ0n) is 13.7. The van der Waals surface area contributed by atoms with Crippen molar-refractivity contribution in [2.45, 2.75) is 6.42 Å². The summed E-state index contributed by atoms with van der Waals surface area (Å²) in [6, 6.07) is 12.6. The van der Waals surface area contributed by atoms with Crippen LogP contribution in [0, 0.1) is 0 Å². The highest BCUT2D eigenvalue weighted by molar-refractivity contribution is 6.32. The van der Waals surface area contributed by atoms with E-state index >= 15 is 0 Å². The van der Waals surface area contributed by atoms with Crippen LogP contribution < -0.4 is 19.5 Å². The maximum absolute atomic E-state index is 12.0. The first-order chi connectivity index (χ1) is 11.6. The number of methoxy groups -OCH3 is 2. The van der Waals surface area contributed by atoms with Gasteiger partial charge in [-0.25, -0.2) is 0 Å². The molecule has 0 aliphatic heterocycles. The van der Waals surface area contributed by atoms with E-state index in [4.69, 9.17) is 25.8 Å². The van der Waals surface area contributed by atoms with Crippen molar-refractivity contribution in [3.05, 3.63) is 53.1 Å². The van der Waals surface area contributed by atoms with Crippen LogP contribution in [0.2, 0.25) is 5.02 Å². The van der Waals surface area contributed by atoms with Crippen molar-refractivity contribution in [2.75, 3.05) is 27.4 Å². The average Bonchev–Trinajstić information content (AvgIpc) is 2.60. The van der Waals surface area contributed by atoms with Gasteiger partial charge in [-0.3, -0.25) is 4.79 Å². The molecular formula is C18H20ClNO4. The maximum atomic E-state index is 12.0. The van der Waals surface area contributed by atoms with Crippen LogP contribution in [0.4, 0.5) is 0 Å². The number of halogens is 1. The lowest BCUT2D eigenvalue weighted by Gasteiger charge is -2.11. The summed E-state index contributed by atoms with van der Waals surface area (Å²) >= 11 is 5.99. The molecule has 2 aromatic rings. The fraction of sp³-hybridized carbons (Fsp3) is 0.278. The lowest BCUT2D eigenvalue weighted by molar-refractivity contribution is -0.120. The quantitative estimate of drug-likeness (QED) is 0.744. The molecule has 1 amide bonds. The van der Waals surface area contributed by atoms with Gasteiger partial charge in [0.2, 0.25) is 5.91 Å². The minimum atomic E-state index is -0.0926. The summed E-state index contributed by atoms with van der Waals surface area (Å²) < 4.78 is 15.9. The fourth-order valence-corrected chi connectivity index (χ4v) is 2.34. The van der Waals surface area contributed by atoms with E-state index in [-0.39, 0.29) is 12.3 Å². The Morgan fingerprint density at radius 2 is 1.79 bits per heavy atom. The molecule has 24 heavy (non-hydrogen) atoms. The summed E-state index contributed by atoms with van der Waals surface area (Å²) in [6.45, 7) is 0.749. The molecule has 0 saturated carbocycles. The van der Waals surface area contributed by atoms with Gasteiger partial charge in [-0.2, -0.15) is 0 Å². The molecule has 2 rings (SSSR count). The SMILES string of the molecule is COc1ccc(CC(=O)NCCOc2ccccc2Cl)cc1OC. The first kappa shape index (κ1) is 17.9. The monoisotopic (exact) mass is 349 g/mol. The molecule has 0 fully saturated rings. The second kappa shape index (κ2) is 9.03. The van der Waals surface area contributed by atoms with Crippen LogP contribution in [0.1, 0.15) is 5.56 Å². The van der Waals surface area contributed by atoms with Crippen molar-refractivity contribution in [2.24, 2.45) is 0 Å². The van der Waals surface area contributed by atoms with Crippen molar-refractivity contribution < 1.29 is 19.0 Å². The second-order valence-electron chi connectivity index (χ2n) is 4.99. The van der Waals surface area contributed by atoms with Crippen LogP contribution in [-0.4, -0.2) is 33.3 Å². The van der Waals surface area contributed by atoms with Crippen molar-refractivity contribution in [3.63, 3.8) is 0 Å². The third-order valence-corrected chi connectivity index (χ3v) is 3.64. The van der Waals surface area contributed by atoms with E-state index in [1.165, 1.54) is 0 Å². The first-order valence-corrected chi connectivity index (χ1v) is 7.86. The molecule has 0 aromatic heterocycles. The van der Waals surface area contributed by atoms with Crippen LogP contribution in [0.5, 0.6) is 17.2 Å². The number of nitrogens with one attached hydrogen (secondary N) is 1. The minimum absolute atomic E-state index is 0.0926. The molecule has 2 aromatic carbocycles. The van der Waals surface area contributed by atoms with Gasteiger partial charge in [0.25, 0.3) is 0 Å². The van der Waals surface area contributed by atoms with Gasteiger partial charge in [-0.1, -0.05) is 29.8 Å². The Labute approximate surface area is 146 Å². The van der Waals surface area contributed by atoms with Crippen LogP contribution in [0.25, 0.3) is 0 Å². The Kier molecular flexibility index (Phi) is 6.75. The Hall–Kier alpha value is -2.40. The molecule has 0 atom stereocenters. The summed E-state index contributed by atoms with van der Waals surface area (Å²) in [6.07, 6.45) is 0.256. The maximum Gasteiger partial charge on any atom is 0.224 e. The molecule has 0 radical (unpaired) electrons. The van der Waals surface area contributed by atoms with Gasteiger partial charge in [0.1, 0.15) is 12.4 Å². The molecule has 0 heterocycles. The lowest BCUT2D eigenvalue weighted by Crippen LogP contribution is -2.29. The molecule has 6 heteroatoms. The van der Waals surface area contributed by atoms with Crippen LogP contribution in [0.15, 0.2) is 42.5 Å². The number of hydrogen-bond donors (Lipinski definition) is 1. The standard InChI is InChI=1S/C18H20ClNO4/c1-22-16-8-7-13(11-17(16)23-2)12-18(21)20-9-10-24-15-6-4-3-5-14(15)19/h3-8,11H,9-10,12H2,1-2H3,(H,20,21). The molecule has 128 valence electrons. The highest BCUT2D eigenvalue weighted by atomic mass is 35.5. The van der Waals surface area contributed by atoms with Gasteiger partial charge in [-0.05, 0) is 29.8 Å². The van der Waals surface area contributed by atoms with E-state index in [1.807, 2.05) is 18.2 Å². The van der Waals surface area contributed by atoms with E-state index < -0.39 is 0 Å². The molecule has 0 spiro atoms. The number of benzene rings is 2. The summed E-state index contributed by atoms with van der Waals surface area (Å²) in [5, 5.41) is 3.36. The number of hydrogen-bond acceptors (Lipinski definition) is 4. The number of para-hydroxylation sites is 1. The normalized spacial score (nSPS) is 10.1. The second-order valence-corrected chi connectivity index (χ2v) is 5.40. The van der Waals surface area contributed by atoms with Gasteiger partial charge in [0.15, 0.2) is 11.5 Å². The summed E-state index contributed by atoms with van der Waals surface area (Å²) in [5.41, 5.74) is 0.845. The number of carbonyl (C=O) groups is 1. The predicted molar refractivity (Wildman–Crippen MR) is 93.2 cm³/mol. The molecular weight excluding hydrogens is 330 g/mol. The van der Waals surface area contributed by atoms with Crippen molar-refractivity contribution in [1.82, 2.24) is 5.32 Å². The van der Waals surface area contributed by atoms with E-state index in [2.05, 4.69) is 5.32 Å². The van der Waals surface area contributed by atoms with Gasteiger partial charge in [0.05, 0.1) is 32.2 Å². The van der Waals surface area contributed by atoms with Gasteiger partial charge < -0.3 is 19.5 Å². The van der Waals surface area contributed by atoms with E-state index in [0.717, 1.165) is 5.56 Å². The van der Waals surface area contributed by atoms with Crippen LogP contribution >= 0.6 is 11.6 Å². The summed E-state index contributed by atoms with van der Waals surface area (Å²) in [5.74, 6) is 1.75. The fourth-order valence-electron chi connectivity index (χ4n) is 2.15. The first-order valence-electron chi connectivity index (χ1n) is 7.49. The van der Waals surface area contributed by atoms with Crippen molar-refractivity contribution >= 4 is 17.5 Å². The summed E-state index contributed by atoms with van der Waals surface area (Å²) in [7, 11) is 3.14. The number of ether oxygens (including phenoxy) is 3. The number of rotatable bonds is 8. The van der Waals surface area contributed by atoms with Crippen molar-refractivity contribution in [1.29, 1.82) is 0 Å². The average molecular weight is 350 g/mol. The van der Waals surface area contributed by atoms with Gasteiger partial charge >= 0.3 is 0 Å². The highest BCUT2D eigenvalue weighted by Crippen LogP contribution is 2.27. The molecule has 0 saturated heterocycles.